The normalized spacial score (nSPS) is 20.6. The molecule has 0 unspecified atom stereocenters. The summed E-state index contributed by atoms with van der Waals surface area (Å²) in [5.41, 5.74) is 1.33. The molecule has 9 heavy (non-hydrogen) atoms. The summed E-state index contributed by atoms with van der Waals surface area (Å²) in [5, 5.41) is 0. The van der Waals surface area contributed by atoms with Crippen molar-refractivity contribution in [1.82, 2.24) is 0 Å². The van der Waals surface area contributed by atoms with E-state index in [1.54, 1.807) is 5.92 Å². The van der Waals surface area contributed by atoms with Gasteiger partial charge in [0.15, 0.2) is 0 Å². The van der Waals surface area contributed by atoms with Crippen LogP contribution in [0.3, 0.4) is 0 Å². The Bertz CT molecular complexity index is 96.6. The Hall–Kier alpha value is -0.260. The summed E-state index contributed by atoms with van der Waals surface area (Å²) in [6.45, 7) is 6.01. The van der Waals surface area contributed by atoms with Gasteiger partial charge in [0, 0.05) is 0 Å². The van der Waals surface area contributed by atoms with Gasteiger partial charge in [0.2, 0.25) is 0 Å². The molecule has 0 aromatic heterocycles. The van der Waals surface area contributed by atoms with Crippen LogP contribution >= 0.6 is 0 Å². The molecule has 0 atom stereocenters. The highest BCUT2D eigenvalue weighted by molar-refractivity contribution is 5.05. The van der Waals surface area contributed by atoms with Gasteiger partial charge in [0.25, 0.3) is 0 Å². The average molecular weight is 123 g/mol. The van der Waals surface area contributed by atoms with Crippen LogP contribution < -0.4 is 0 Å². The zero-order valence-electron chi connectivity index (χ0n) is 6.24. The van der Waals surface area contributed by atoms with Gasteiger partial charge in [-0.05, 0) is 32.1 Å². The third-order valence-corrected chi connectivity index (χ3v) is 1.86. The Kier molecular flexibility index (Phi) is 2.32. The van der Waals surface area contributed by atoms with Crippen molar-refractivity contribution in [3.8, 4) is 0 Å². The predicted octanol–water partition coefficient (Wildman–Crippen LogP) is 3.10. The van der Waals surface area contributed by atoms with E-state index in [4.69, 9.17) is 0 Å². The molecular weight excluding hydrogens is 108 g/mol. The van der Waals surface area contributed by atoms with Gasteiger partial charge in [-0.3, -0.25) is 0 Å². The lowest BCUT2D eigenvalue weighted by molar-refractivity contribution is 0.831. The van der Waals surface area contributed by atoms with Crippen molar-refractivity contribution in [2.75, 3.05) is 0 Å². The second-order valence-corrected chi connectivity index (χ2v) is 3.09. The van der Waals surface area contributed by atoms with Crippen LogP contribution in [0, 0.1) is 5.92 Å². The van der Waals surface area contributed by atoms with E-state index in [1.165, 1.54) is 37.7 Å². The van der Waals surface area contributed by atoms with Crippen LogP contribution in [0.4, 0.5) is 0 Å². The Morgan fingerprint density at radius 2 is 2.00 bits per heavy atom. The van der Waals surface area contributed by atoms with Crippen LogP contribution in [0.2, 0.25) is 0 Å². The van der Waals surface area contributed by atoms with Crippen LogP contribution in [-0.4, -0.2) is 0 Å². The van der Waals surface area contributed by atoms with E-state index in [9.17, 15) is 0 Å². The van der Waals surface area contributed by atoms with Crippen molar-refractivity contribution in [1.29, 1.82) is 0 Å². The average Bonchev–Trinajstić information content (AvgIpc) is 2.15. The minimum absolute atomic E-state index is 1.19. The van der Waals surface area contributed by atoms with Crippen molar-refractivity contribution in [2.45, 2.75) is 39.0 Å². The van der Waals surface area contributed by atoms with E-state index in [0.717, 1.165) is 0 Å². The smallest absolute Gasteiger partial charge is 0.0201 e. The molecule has 1 saturated carbocycles. The van der Waals surface area contributed by atoms with Crippen molar-refractivity contribution in [3.63, 3.8) is 0 Å². The van der Waals surface area contributed by atoms with Crippen LogP contribution in [-0.2, 0) is 0 Å². The molecule has 0 aliphatic heterocycles. The highest BCUT2D eigenvalue weighted by Gasteiger charge is 2.14. The molecule has 0 heterocycles. The summed E-state index contributed by atoms with van der Waals surface area (Å²) in [4.78, 5) is 0. The molecule has 1 fully saturated rings. The molecule has 0 bridgehead atoms. The highest BCUT2D eigenvalue weighted by atomic mass is 14.2. The van der Waals surface area contributed by atoms with Crippen molar-refractivity contribution >= 4 is 0 Å². The second kappa shape index (κ2) is 3.05. The summed E-state index contributed by atoms with van der Waals surface area (Å²) in [5.74, 6) is 1.72. The van der Waals surface area contributed by atoms with E-state index in [-0.39, 0.29) is 0 Å². The molecule has 1 aliphatic rings. The summed E-state index contributed by atoms with van der Waals surface area (Å²) >= 11 is 0. The van der Waals surface area contributed by atoms with E-state index < -0.39 is 0 Å². The summed E-state index contributed by atoms with van der Waals surface area (Å²) in [6.07, 6.45) is 6.77. The Balaban J connectivity index is 2.19. The minimum atomic E-state index is 1.19. The topological polar surface area (TPSA) is 0 Å². The van der Waals surface area contributed by atoms with Crippen LogP contribution in [0.25, 0.3) is 0 Å². The van der Waals surface area contributed by atoms with E-state index in [2.05, 4.69) is 13.5 Å². The quantitative estimate of drug-likeness (QED) is 0.495. The first-order valence-electron chi connectivity index (χ1n) is 3.77. The molecule has 0 aromatic carbocycles. The molecule has 0 nitrogen and oxygen atoms in total. The molecule has 1 aliphatic carbocycles. The van der Waals surface area contributed by atoms with E-state index >= 15 is 0 Å². The number of rotatable bonds is 2. The summed E-state index contributed by atoms with van der Waals surface area (Å²) < 4.78 is 0. The number of hydrogen-bond donors (Lipinski definition) is 0. The Labute approximate surface area is 58.0 Å². The van der Waals surface area contributed by atoms with Gasteiger partial charge in [0.05, 0.1) is 0 Å². The number of hydrogen-bond acceptors (Lipinski definition) is 0. The van der Waals surface area contributed by atoms with Crippen LogP contribution in [0.5, 0.6) is 0 Å². The Morgan fingerprint density at radius 1 is 1.44 bits per heavy atom. The lowest BCUT2D eigenvalue weighted by Gasteiger charge is -2.05. The first kappa shape index (κ1) is 6.85. The first-order chi connectivity index (χ1) is 4.29. The van der Waals surface area contributed by atoms with Crippen molar-refractivity contribution in [2.24, 2.45) is 0 Å². The molecule has 0 aromatic rings. The third-order valence-electron chi connectivity index (χ3n) is 1.86. The Morgan fingerprint density at radius 3 is 2.44 bits per heavy atom. The van der Waals surface area contributed by atoms with Gasteiger partial charge >= 0.3 is 0 Å². The lowest BCUT2D eigenvalue weighted by atomic mass is 10.0. The maximum absolute atomic E-state index is 3.90. The van der Waals surface area contributed by atoms with Gasteiger partial charge in [-0.15, -0.1) is 6.58 Å². The fraction of sp³-hybridized carbons (Fsp3) is 0.667. The van der Waals surface area contributed by atoms with Gasteiger partial charge < -0.3 is 0 Å². The zero-order chi connectivity index (χ0) is 6.69. The molecule has 0 amide bonds. The SMILES string of the molecule is C=C(C)C[C]1CCCC1. The molecule has 0 spiro atoms. The predicted molar refractivity (Wildman–Crippen MR) is 41.1 cm³/mol. The molecule has 0 heteroatoms. The summed E-state index contributed by atoms with van der Waals surface area (Å²) in [6, 6.07) is 0. The van der Waals surface area contributed by atoms with Crippen LogP contribution in [0.15, 0.2) is 12.2 Å². The first-order valence-corrected chi connectivity index (χ1v) is 3.77. The maximum Gasteiger partial charge on any atom is -0.0201 e. The van der Waals surface area contributed by atoms with Crippen molar-refractivity contribution < 1.29 is 0 Å². The zero-order valence-corrected chi connectivity index (χ0v) is 6.24. The molecule has 51 valence electrons. The van der Waals surface area contributed by atoms with E-state index in [0.29, 0.717) is 0 Å². The van der Waals surface area contributed by atoms with Gasteiger partial charge in [-0.2, -0.15) is 0 Å². The third kappa shape index (κ3) is 2.21. The molecule has 0 N–H and O–H groups in total. The monoisotopic (exact) mass is 123 g/mol. The summed E-state index contributed by atoms with van der Waals surface area (Å²) in [7, 11) is 0. The molecule has 1 radical (unpaired) electrons. The van der Waals surface area contributed by atoms with Crippen LogP contribution in [0.1, 0.15) is 39.0 Å². The van der Waals surface area contributed by atoms with Crippen molar-refractivity contribution in [3.05, 3.63) is 18.1 Å². The maximum atomic E-state index is 3.90. The molecule has 0 saturated heterocycles. The fourth-order valence-electron chi connectivity index (χ4n) is 1.48. The standard InChI is InChI=1S/C9H15/c1-8(2)7-9-5-3-4-6-9/h1,3-7H2,2H3. The van der Waals surface area contributed by atoms with Gasteiger partial charge in [0.1, 0.15) is 0 Å². The second-order valence-electron chi connectivity index (χ2n) is 3.09. The minimum Gasteiger partial charge on any atom is -0.100 e. The van der Waals surface area contributed by atoms with Gasteiger partial charge in [-0.1, -0.05) is 18.4 Å². The largest absolute Gasteiger partial charge is 0.100 e. The fourth-order valence-corrected chi connectivity index (χ4v) is 1.48. The number of allylic oxidation sites excluding steroid dienone is 1. The highest BCUT2D eigenvalue weighted by Crippen LogP contribution is 2.31. The van der Waals surface area contributed by atoms with E-state index in [1.807, 2.05) is 0 Å². The molecular formula is C9H15. The lowest BCUT2D eigenvalue weighted by Crippen LogP contribution is -1.89. The van der Waals surface area contributed by atoms with Gasteiger partial charge in [-0.25, -0.2) is 0 Å². The molecule has 1 rings (SSSR count).